The molecule has 0 aliphatic carbocycles. The Morgan fingerprint density at radius 1 is 0.892 bits per heavy atom. The molecule has 0 aliphatic heterocycles. The maximum absolute atomic E-state index is 12.4. The molecule has 37 heavy (non-hydrogen) atoms. The quantitative estimate of drug-likeness (QED) is 0.271. The molecule has 0 saturated heterocycles. The number of amides is 2. The lowest BCUT2D eigenvalue weighted by molar-refractivity contribution is -0.118. The summed E-state index contributed by atoms with van der Waals surface area (Å²) in [5.74, 6) is 0.544. The lowest BCUT2D eigenvalue weighted by Crippen LogP contribution is -2.20. The van der Waals surface area contributed by atoms with E-state index in [1.54, 1.807) is 48.5 Å². The van der Waals surface area contributed by atoms with Crippen molar-refractivity contribution in [2.75, 3.05) is 33.3 Å². The van der Waals surface area contributed by atoms with Crippen LogP contribution in [0, 0.1) is 6.92 Å². The molecule has 0 atom stereocenters. The van der Waals surface area contributed by atoms with E-state index in [2.05, 4.69) is 15.8 Å². The van der Waals surface area contributed by atoms with Crippen molar-refractivity contribution >= 4 is 46.9 Å². The minimum absolute atomic E-state index is 0.188. The number of benzene rings is 3. The van der Waals surface area contributed by atoms with Crippen LogP contribution in [0.15, 0.2) is 53.6 Å². The van der Waals surface area contributed by atoms with Crippen molar-refractivity contribution in [1.82, 2.24) is 5.43 Å². The lowest BCUT2D eigenvalue weighted by atomic mass is 10.2. The Morgan fingerprint density at radius 2 is 1.62 bits per heavy atom. The number of hydrogen-bond acceptors (Lipinski definition) is 7. The van der Waals surface area contributed by atoms with Gasteiger partial charge in [0.25, 0.3) is 11.8 Å². The van der Waals surface area contributed by atoms with Crippen LogP contribution in [0.5, 0.6) is 23.0 Å². The second kappa shape index (κ2) is 12.8. The molecule has 2 N–H and O–H groups in total. The number of anilines is 1. The van der Waals surface area contributed by atoms with Gasteiger partial charge in [-0.1, -0.05) is 29.3 Å². The molecule has 3 rings (SSSR count). The Bertz CT molecular complexity index is 1330. The largest absolute Gasteiger partial charge is 0.493 e. The molecule has 2 amide bonds. The van der Waals surface area contributed by atoms with Crippen molar-refractivity contribution < 1.29 is 28.5 Å². The maximum atomic E-state index is 12.4. The first-order chi connectivity index (χ1) is 17.7. The number of ether oxygens (including phenoxy) is 4. The zero-order chi connectivity index (χ0) is 26.9. The smallest absolute Gasteiger partial charge is 0.271 e. The Hall–Kier alpha value is -3.95. The standard InChI is InChI=1S/C26H25Cl2N3O6/c1-15-5-7-18(12-19(15)27)30-24(32)14-37-25-20(28)9-16(10-23(25)36-4)13-29-31-26(33)17-6-8-21(34-2)22(11-17)35-3/h5-13H,14H2,1-4H3,(H,30,32)(H,31,33)/b29-13+. The van der Waals surface area contributed by atoms with Crippen molar-refractivity contribution in [1.29, 1.82) is 0 Å². The molecule has 0 fully saturated rings. The van der Waals surface area contributed by atoms with Gasteiger partial charge in [-0.25, -0.2) is 5.43 Å². The van der Waals surface area contributed by atoms with Crippen LogP contribution in [0.25, 0.3) is 0 Å². The summed E-state index contributed by atoms with van der Waals surface area (Å²) in [6.45, 7) is 1.56. The van der Waals surface area contributed by atoms with Crippen LogP contribution in [0.2, 0.25) is 10.0 Å². The molecule has 0 unspecified atom stereocenters. The fraction of sp³-hybridized carbons (Fsp3) is 0.192. The number of carbonyl (C=O) groups is 2. The fourth-order valence-corrected chi connectivity index (χ4v) is 3.62. The van der Waals surface area contributed by atoms with Crippen LogP contribution in [0.4, 0.5) is 5.69 Å². The number of hydrazone groups is 1. The summed E-state index contributed by atoms with van der Waals surface area (Å²) in [7, 11) is 4.43. The average Bonchev–Trinajstić information content (AvgIpc) is 2.89. The Balaban J connectivity index is 1.64. The van der Waals surface area contributed by atoms with E-state index >= 15 is 0 Å². The van der Waals surface area contributed by atoms with Crippen LogP contribution in [-0.2, 0) is 4.79 Å². The lowest BCUT2D eigenvalue weighted by Gasteiger charge is -2.13. The van der Waals surface area contributed by atoms with E-state index in [-0.39, 0.29) is 23.1 Å². The van der Waals surface area contributed by atoms with E-state index in [0.717, 1.165) is 5.56 Å². The van der Waals surface area contributed by atoms with E-state index in [1.165, 1.54) is 27.5 Å². The van der Waals surface area contributed by atoms with Gasteiger partial charge in [-0.3, -0.25) is 9.59 Å². The Labute approximate surface area is 224 Å². The highest BCUT2D eigenvalue weighted by Gasteiger charge is 2.15. The van der Waals surface area contributed by atoms with Crippen molar-refractivity contribution in [3.8, 4) is 23.0 Å². The van der Waals surface area contributed by atoms with Gasteiger partial charge in [0.05, 0.1) is 32.6 Å². The third-order valence-electron chi connectivity index (χ3n) is 5.08. The number of nitrogens with zero attached hydrogens (tertiary/aromatic N) is 1. The summed E-state index contributed by atoms with van der Waals surface area (Å²) >= 11 is 12.5. The summed E-state index contributed by atoms with van der Waals surface area (Å²) in [6, 6.07) is 13.1. The predicted molar refractivity (Wildman–Crippen MR) is 143 cm³/mol. The summed E-state index contributed by atoms with van der Waals surface area (Å²) < 4.78 is 21.3. The van der Waals surface area contributed by atoms with E-state index in [4.69, 9.17) is 42.1 Å². The molecule has 3 aromatic rings. The van der Waals surface area contributed by atoms with Gasteiger partial charge in [-0.05, 0) is 60.5 Å². The number of rotatable bonds is 10. The van der Waals surface area contributed by atoms with Crippen molar-refractivity contribution in [3.63, 3.8) is 0 Å². The second-order valence-corrected chi connectivity index (χ2v) is 8.42. The summed E-state index contributed by atoms with van der Waals surface area (Å²) in [4.78, 5) is 24.7. The van der Waals surface area contributed by atoms with Crippen molar-refractivity contribution in [3.05, 3.63) is 75.3 Å². The van der Waals surface area contributed by atoms with E-state index in [1.807, 2.05) is 6.92 Å². The Kier molecular flexibility index (Phi) is 9.59. The third kappa shape index (κ3) is 7.28. The van der Waals surface area contributed by atoms with Gasteiger partial charge in [0.1, 0.15) is 0 Å². The van der Waals surface area contributed by atoms with Crippen LogP contribution < -0.4 is 29.7 Å². The molecule has 0 aliphatic rings. The summed E-state index contributed by atoms with van der Waals surface area (Å²) in [5.41, 5.74) is 4.74. The molecule has 0 spiro atoms. The molecule has 9 nitrogen and oxygen atoms in total. The van der Waals surface area contributed by atoms with Gasteiger partial charge < -0.3 is 24.3 Å². The first kappa shape index (κ1) is 27.6. The van der Waals surface area contributed by atoms with E-state index < -0.39 is 11.8 Å². The molecule has 0 heterocycles. The number of carbonyl (C=O) groups excluding carboxylic acids is 2. The zero-order valence-corrected chi connectivity index (χ0v) is 22.1. The van der Waals surface area contributed by atoms with Crippen LogP contribution >= 0.6 is 23.2 Å². The van der Waals surface area contributed by atoms with E-state index in [9.17, 15) is 9.59 Å². The molecule has 0 aromatic heterocycles. The number of aryl methyl sites for hydroxylation is 1. The number of hydrogen-bond donors (Lipinski definition) is 2. The predicted octanol–water partition coefficient (Wildman–Crippen LogP) is 5.11. The molecular formula is C26H25Cl2N3O6. The number of nitrogens with one attached hydrogen (secondary N) is 2. The van der Waals surface area contributed by atoms with Crippen LogP contribution in [0.3, 0.4) is 0 Å². The normalized spacial score (nSPS) is 10.6. The first-order valence-corrected chi connectivity index (χ1v) is 11.6. The van der Waals surface area contributed by atoms with Gasteiger partial charge in [0, 0.05) is 16.3 Å². The van der Waals surface area contributed by atoms with Gasteiger partial charge in [-0.2, -0.15) is 5.10 Å². The highest BCUT2D eigenvalue weighted by Crippen LogP contribution is 2.36. The number of halogens is 2. The Morgan fingerprint density at radius 3 is 2.30 bits per heavy atom. The monoisotopic (exact) mass is 545 g/mol. The van der Waals surface area contributed by atoms with Crippen LogP contribution in [-0.4, -0.2) is 46.0 Å². The molecule has 194 valence electrons. The molecular weight excluding hydrogens is 521 g/mol. The SMILES string of the molecule is COc1ccc(C(=O)N/N=C/c2cc(Cl)c(OCC(=O)Nc3ccc(C)c(Cl)c3)c(OC)c2)cc1OC. The molecule has 3 aromatic carbocycles. The first-order valence-electron chi connectivity index (χ1n) is 10.9. The van der Waals surface area contributed by atoms with Gasteiger partial charge in [0.2, 0.25) is 0 Å². The molecule has 11 heteroatoms. The highest BCUT2D eigenvalue weighted by molar-refractivity contribution is 6.32. The van der Waals surface area contributed by atoms with Crippen LogP contribution in [0.1, 0.15) is 21.5 Å². The summed E-state index contributed by atoms with van der Waals surface area (Å²) in [5, 5.41) is 7.41. The number of methoxy groups -OCH3 is 3. The third-order valence-corrected chi connectivity index (χ3v) is 5.77. The average molecular weight is 546 g/mol. The van der Waals surface area contributed by atoms with Crippen molar-refractivity contribution in [2.24, 2.45) is 5.10 Å². The second-order valence-electron chi connectivity index (χ2n) is 7.60. The van der Waals surface area contributed by atoms with Gasteiger partial charge in [0.15, 0.2) is 29.6 Å². The van der Waals surface area contributed by atoms with Gasteiger partial charge >= 0.3 is 0 Å². The fourth-order valence-electron chi connectivity index (χ4n) is 3.17. The molecule has 0 radical (unpaired) electrons. The molecule has 0 saturated carbocycles. The zero-order valence-electron chi connectivity index (χ0n) is 20.6. The van der Waals surface area contributed by atoms with Gasteiger partial charge in [-0.15, -0.1) is 0 Å². The maximum Gasteiger partial charge on any atom is 0.271 e. The van der Waals surface area contributed by atoms with E-state index in [0.29, 0.717) is 33.3 Å². The highest BCUT2D eigenvalue weighted by atomic mass is 35.5. The minimum atomic E-state index is -0.448. The summed E-state index contributed by atoms with van der Waals surface area (Å²) in [6.07, 6.45) is 1.39. The molecule has 0 bridgehead atoms. The topological polar surface area (TPSA) is 107 Å². The van der Waals surface area contributed by atoms with Crippen molar-refractivity contribution in [2.45, 2.75) is 6.92 Å². The minimum Gasteiger partial charge on any atom is -0.493 e.